The van der Waals surface area contributed by atoms with Crippen LogP contribution < -0.4 is 5.32 Å². The lowest BCUT2D eigenvalue weighted by molar-refractivity contribution is 0.0336. The molecule has 2 saturated heterocycles. The lowest BCUT2D eigenvalue weighted by Gasteiger charge is -2.38. The van der Waals surface area contributed by atoms with E-state index >= 15 is 0 Å². The molecule has 3 nitrogen and oxygen atoms in total. The zero-order valence-corrected chi connectivity index (χ0v) is 14.2. The number of aliphatic hydroxyl groups is 1. The van der Waals surface area contributed by atoms with E-state index in [4.69, 9.17) is 0 Å². The van der Waals surface area contributed by atoms with Gasteiger partial charge in [0.2, 0.25) is 0 Å². The summed E-state index contributed by atoms with van der Waals surface area (Å²) in [4.78, 5) is 2.65. The Morgan fingerprint density at radius 3 is 2.57 bits per heavy atom. The minimum atomic E-state index is -0.0675. The summed E-state index contributed by atoms with van der Waals surface area (Å²) >= 11 is 3.66. The van der Waals surface area contributed by atoms with Gasteiger partial charge < -0.3 is 10.4 Å². The van der Waals surface area contributed by atoms with Gasteiger partial charge in [-0.2, -0.15) is 0 Å². The molecule has 0 radical (unpaired) electrons. The number of nitrogens with one attached hydrogen (secondary N) is 1. The first-order chi connectivity index (χ1) is 10.2. The molecule has 0 saturated carbocycles. The first kappa shape index (κ1) is 15.5. The Kier molecular flexibility index (Phi) is 4.99. The molecule has 0 amide bonds. The van der Waals surface area contributed by atoms with E-state index in [1.165, 1.54) is 22.9 Å². The minimum Gasteiger partial charge on any atom is -0.393 e. The zero-order chi connectivity index (χ0) is 14.8. The van der Waals surface area contributed by atoms with E-state index < -0.39 is 0 Å². The number of rotatable bonds is 5. The van der Waals surface area contributed by atoms with Crippen molar-refractivity contribution < 1.29 is 5.11 Å². The molecular weight excluding hydrogens is 328 g/mol. The minimum absolute atomic E-state index is 0.0675. The number of piperidine rings is 1. The standard InChI is InChI=1S/C17H25BrN2O/c1-19-17(15-4-2-3-5-16(15)18)8-9-20-12-6-7-13(20)11-14(21)10-12/h2-5,12-14,17,19,21H,6-11H2,1H3. The smallest absolute Gasteiger partial charge is 0.0570 e. The molecule has 4 heteroatoms. The van der Waals surface area contributed by atoms with Gasteiger partial charge in [0.15, 0.2) is 0 Å². The molecule has 3 atom stereocenters. The van der Waals surface area contributed by atoms with Crippen molar-refractivity contribution >= 4 is 15.9 Å². The predicted octanol–water partition coefficient (Wildman–Crippen LogP) is 3.09. The molecule has 3 unspecified atom stereocenters. The number of fused-ring (bicyclic) bond motifs is 2. The molecule has 1 aromatic carbocycles. The zero-order valence-electron chi connectivity index (χ0n) is 12.6. The quantitative estimate of drug-likeness (QED) is 0.854. The molecule has 0 spiro atoms. The topological polar surface area (TPSA) is 35.5 Å². The number of hydrogen-bond acceptors (Lipinski definition) is 3. The van der Waals surface area contributed by atoms with Crippen LogP contribution in [0.25, 0.3) is 0 Å². The van der Waals surface area contributed by atoms with Gasteiger partial charge in [-0.15, -0.1) is 0 Å². The normalized spacial score (nSPS) is 30.5. The van der Waals surface area contributed by atoms with Crippen LogP contribution in [0.1, 0.15) is 43.7 Å². The van der Waals surface area contributed by atoms with E-state index in [0.29, 0.717) is 18.1 Å². The van der Waals surface area contributed by atoms with Crippen molar-refractivity contribution in [1.29, 1.82) is 0 Å². The fourth-order valence-corrected chi connectivity index (χ4v) is 4.66. The predicted molar refractivity (Wildman–Crippen MR) is 89.3 cm³/mol. The average Bonchev–Trinajstić information content (AvgIpc) is 2.72. The SMILES string of the molecule is CNC(CCN1C2CCC1CC(O)C2)c1ccccc1Br. The molecule has 2 N–H and O–H groups in total. The fourth-order valence-electron chi connectivity index (χ4n) is 4.10. The van der Waals surface area contributed by atoms with E-state index in [1.807, 2.05) is 7.05 Å². The highest BCUT2D eigenvalue weighted by Gasteiger charge is 2.39. The van der Waals surface area contributed by atoms with E-state index in [9.17, 15) is 5.11 Å². The third-order valence-corrected chi connectivity index (χ3v) is 5.89. The third kappa shape index (κ3) is 3.34. The Morgan fingerprint density at radius 2 is 1.95 bits per heavy atom. The van der Waals surface area contributed by atoms with Gasteiger partial charge in [-0.1, -0.05) is 34.1 Å². The lowest BCUT2D eigenvalue weighted by atomic mass is 9.98. The lowest BCUT2D eigenvalue weighted by Crippen LogP contribution is -2.45. The molecule has 2 fully saturated rings. The highest BCUT2D eigenvalue weighted by Crippen LogP contribution is 2.36. The molecule has 3 rings (SSSR count). The maximum absolute atomic E-state index is 9.90. The van der Waals surface area contributed by atoms with E-state index in [2.05, 4.69) is 50.4 Å². The first-order valence-electron chi connectivity index (χ1n) is 8.04. The van der Waals surface area contributed by atoms with Gasteiger partial charge in [-0.05, 0) is 50.8 Å². The van der Waals surface area contributed by atoms with Crippen molar-refractivity contribution in [2.75, 3.05) is 13.6 Å². The van der Waals surface area contributed by atoms with Gasteiger partial charge in [0.1, 0.15) is 0 Å². The fraction of sp³-hybridized carbons (Fsp3) is 0.647. The van der Waals surface area contributed by atoms with Gasteiger partial charge in [0.05, 0.1) is 6.10 Å². The maximum Gasteiger partial charge on any atom is 0.0570 e. The van der Waals surface area contributed by atoms with E-state index in [-0.39, 0.29) is 6.10 Å². The van der Waals surface area contributed by atoms with Crippen molar-refractivity contribution in [2.24, 2.45) is 0 Å². The van der Waals surface area contributed by atoms with E-state index in [0.717, 1.165) is 25.8 Å². The Balaban J connectivity index is 1.63. The van der Waals surface area contributed by atoms with Crippen molar-refractivity contribution in [3.05, 3.63) is 34.3 Å². The van der Waals surface area contributed by atoms with Crippen LogP contribution in [0.5, 0.6) is 0 Å². The number of hydrogen-bond donors (Lipinski definition) is 2. The van der Waals surface area contributed by atoms with Crippen LogP contribution >= 0.6 is 15.9 Å². The molecule has 2 bridgehead atoms. The van der Waals surface area contributed by atoms with Gasteiger partial charge in [-0.25, -0.2) is 0 Å². The summed E-state index contributed by atoms with van der Waals surface area (Å²) in [5, 5.41) is 13.4. The van der Waals surface area contributed by atoms with Crippen molar-refractivity contribution in [3.8, 4) is 0 Å². The Hall–Kier alpha value is -0.420. The first-order valence-corrected chi connectivity index (χ1v) is 8.84. The molecule has 2 heterocycles. The largest absolute Gasteiger partial charge is 0.393 e. The monoisotopic (exact) mass is 352 g/mol. The summed E-state index contributed by atoms with van der Waals surface area (Å²) in [5.41, 5.74) is 1.34. The Labute approximate surface area is 135 Å². The highest BCUT2D eigenvalue weighted by atomic mass is 79.9. The summed E-state index contributed by atoms with van der Waals surface area (Å²) in [6, 6.07) is 10.1. The molecule has 0 aromatic heterocycles. The van der Waals surface area contributed by atoms with Crippen LogP contribution in [0, 0.1) is 0 Å². The average molecular weight is 353 g/mol. The van der Waals surface area contributed by atoms with E-state index in [1.54, 1.807) is 0 Å². The highest BCUT2D eigenvalue weighted by molar-refractivity contribution is 9.10. The van der Waals surface area contributed by atoms with Crippen LogP contribution in [0.2, 0.25) is 0 Å². The molecule has 1 aromatic rings. The Bertz CT molecular complexity index is 468. The number of nitrogens with zero attached hydrogens (tertiary/aromatic N) is 1. The summed E-state index contributed by atoms with van der Waals surface area (Å²) in [5.74, 6) is 0. The second-order valence-electron chi connectivity index (χ2n) is 6.40. The number of benzene rings is 1. The van der Waals surface area contributed by atoms with Crippen molar-refractivity contribution in [3.63, 3.8) is 0 Å². The third-order valence-electron chi connectivity index (χ3n) is 5.16. The summed E-state index contributed by atoms with van der Waals surface area (Å²) in [7, 11) is 2.04. The van der Waals surface area contributed by atoms with Gasteiger partial charge in [0.25, 0.3) is 0 Å². The number of aliphatic hydroxyl groups excluding tert-OH is 1. The van der Waals surface area contributed by atoms with Crippen molar-refractivity contribution in [1.82, 2.24) is 10.2 Å². The molecule has 2 aliphatic heterocycles. The Morgan fingerprint density at radius 1 is 1.29 bits per heavy atom. The maximum atomic E-state index is 9.90. The summed E-state index contributed by atoms with van der Waals surface area (Å²) in [6.07, 6.45) is 5.51. The van der Waals surface area contributed by atoms with Gasteiger partial charge >= 0.3 is 0 Å². The van der Waals surface area contributed by atoms with Gasteiger partial charge in [-0.3, -0.25) is 4.90 Å². The molecular formula is C17H25BrN2O. The van der Waals surface area contributed by atoms with Crippen LogP contribution in [0.15, 0.2) is 28.7 Å². The second kappa shape index (κ2) is 6.78. The van der Waals surface area contributed by atoms with Crippen LogP contribution in [0.4, 0.5) is 0 Å². The molecule has 0 aliphatic carbocycles. The number of halogens is 1. The van der Waals surface area contributed by atoms with Crippen molar-refractivity contribution in [2.45, 2.75) is 56.3 Å². The van der Waals surface area contributed by atoms with Crippen LogP contribution in [-0.2, 0) is 0 Å². The van der Waals surface area contributed by atoms with Crippen LogP contribution in [-0.4, -0.2) is 41.8 Å². The van der Waals surface area contributed by atoms with Gasteiger partial charge in [0, 0.05) is 29.1 Å². The molecule has 116 valence electrons. The summed E-state index contributed by atoms with van der Waals surface area (Å²) in [6.45, 7) is 1.12. The second-order valence-corrected chi connectivity index (χ2v) is 7.25. The summed E-state index contributed by atoms with van der Waals surface area (Å²) < 4.78 is 1.18. The molecule has 21 heavy (non-hydrogen) atoms. The van der Waals surface area contributed by atoms with Crippen LogP contribution in [0.3, 0.4) is 0 Å². The molecule has 2 aliphatic rings.